The summed E-state index contributed by atoms with van der Waals surface area (Å²) in [5, 5.41) is 12.1. The highest BCUT2D eigenvalue weighted by Crippen LogP contribution is 2.64. The molecule has 44 heavy (non-hydrogen) atoms. The van der Waals surface area contributed by atoms with Gasteiger partial charge in [0.05, 0.1) is 28.9 Å². The van der Waals surface area contributed by atoms with E-state index < -0.39 is 52.6 Å². The molecule has 0 radical (unpaired) electrons. The Balaban J connectivity index is 1.46. The summed E-state index contributed by atoms with van der Waals surface area (Å²) in [6.45, 7) is 2.02. The first kappa shape index (κ1) is 28.3. The van der Waals surface area contributed by atoms with E-state index in [1.165, 1.54) is 35.2 Å². The van der Waals surface area contributed by atoms with Crippen LogP contribution in [0.3, 0.4) is 0 Å². The minimum Gasteiger partial charge on any atom is -0.508 e. The van der Waals surface area contributed by atoms with Crippen molar-refractivity contribution in [2.24, 2.45) is 23.7 Å². The molecule has 8 nitrogen and oxygen atoms in total. The quantitative estimate of drug-likeness (QED) is 0.303. The molecule has 4 aliphatic rings. The number of nitrogens with zero attached hydrogens (tertiary/aromatic N) is 2. The number of hydrogen-bond donors (Lipinski definition) is 2. The number of hydrazine groups is 1. The average Bonchev–Trinajstić information content (AvgIpc) is 3.39. The van der Waals surface area contributed by atoms with Gasteiger partial charge in [-0.3, -0.25) is 29.5 Å². The van der Waals surface area contributed by atoms with E-state index in [9.17, 15) is 28.7 Å². The number of anilines is 1. The SMILES string of the molecule is CCN1C(=O)C2CC=C3C(CC4C(=O)N(Nc5ccc(F)cc5)C(=O)C4(c4ccc(Cl)cc4)C3c3cccc(O)c3)C2C1=O. The molecular formula is C34H29ClFN3O5. The van der Waals surface area contributed by atoms with Gasteiger partial charge in [0.15, 0.2) is 0 Å². The van der Waals surface area contributed by atoms with E-state index in [1.807, 2.05) is 12.1 Å². The lowest BCUT2D eigenvalue weighted by atomic mass is 9.49. The van der Waals surface area contributed by atoms with Crippen molar-refractivity contribution in [1.82, 2.24) is 9.91 Å². The fourth-order valence-electron chi connectivity index (χ4n) is 8.11. The van der Waals surface area contributed by atoms with Crippen molar-refractivity contribution in [2.75, 3.05) is 12.0 Å². The van der Waals surface area contributed by atoms with Gasteiger partial charge in [0, 0.05) is 17.5 Å². The Labute approximate surface area is 258 Å². The number of fused-ring (bicyclic) bond motifs is 4. The van der Waals surface area contributed by atoms with Crippen molar-refractivity contribution in [1.29, 1.82) is 0 Å². The molecule has 4 amide bonds. The van der Waals surface area contributed by atoms with Crippen LogP contribution in [0.5, 0.6) is 5.75 Å². The van der Waals surface area contributed by atoms with Crippen LogP contribution in [0.4, 0.5) is 10.1 Å². The molecule has 0 bridgehead atoms. The smallest absolute Gasteiger partial charge is 0.260 e. The van der Waals surface area contributed by atoms with E-state index in [1.54, 1.807) is 43.3 Å². The van der Waals surface area contributed by atoms with Crippen molar-refractivity contribution in [3.05, 3.63) is 106 Å². The summed E-state index contributed by atoms with van der Waals surface area (Å²) >= 11 is 6.28. The second-order valence-corrected chi connectivity index (χ2v) is 12.3. The Hall–Kier alpha value is -4.50. The highest BCUT2D eigenvalue weighted by atomic mass is 35.5. The van der Waals surface area contributed by atoms with Crippen molar-refractivity contribution in [3.63, 3.8) is 0 Å². The number of nitrogens with one attached hydrogen (secondary N) is 1. The number of carbonyl (C=O) groups excluding carboxylic acids is 4. The highest BCUT2D eigenvalue weighted by Gasteiger charge is 2.70. The predicted molar refractivity (Wildman–Crippen MR) is 160 cm³/mol. The first-order valence-corrected chi connectivity index (χ1v) is 15.0. The van der Waals surface area contributed by atoms with Gasteiger partial charge in [-0.1, -0.05) is 47.5 Å². The summed E-state index contributed by atoms with van der Waals surface area (Å²) in [5.41, 5.74) is 3.75. The fourth-order valence-corrected chi connectivity index (χ4v) is 8.24. The molecule has 6 atom stereocenters. The summed E-state index contributed by atoms with van der Waals surface area (Å²) in [4.78, 5) is 57.6. The molecule has 224 valence electrons. The molecule has 3 aromatic carbocycles. The number of hydrogen-bond acceptors (Lipinski definition) is 6. The maximum absolute atomic E-state index is 14.9. The first-order valence-electron chi connectivity index (χ1n) is 14.7. The summed E-state index contributed by atoms with van der Waals surface area (Å²) in [6, 6.07) is 18.8. The Bertz CT molecular complexity index is 1740. The van der Waals surface area contributed by atoms with Crippen LogP contribution in [0.15, 0.2) is 84.4 Å². The zero-order valence-electron chi connectivity index (χ0n) is 23.7. The summed E-state index contributed by atoms with van der Waals surface area (Å²) in [7, 11) is 0. The van der Waals surface area contributed by atoms with Crippen LogP contribution in [0.1, 0.15) is 36.8 Å². The molecule has 2 N–H and O–H groups in total. The minimum atomic E-state index is -1.48. The molecule has 2 saturated heterocycles. The zero-order chi connectivity index (χ0) is 30.9. The van der Waals surface area contributed by atoms with Gasteiger partial charge >= 0.3 is 0 Å². The number of phenols is 1. The summed E-state index contributed by atoms with van der Waals surface area (Å²) in [6.07, 6.45) is 2.45. The Morgan fingerprint density at radius 3 is 2.36 bits per heavy atom. The first-order chi connectivity index (χ1) is 21.2. The minimum absolute atomic E-state index is 0.0101. The molecule has 10 heteroatoms. The maximum atomic E-state index is 14.9. The topological polar surface area (TPSA) is 107 Å². The molecule has 3 fully saturated rings. The number of rotatable bonds is 5. The fraction of sp³-hybridized carbons (Fsp3) is 0.294. The van der Waals surface area contributed by atoms with E-state index in [0.29, 0.717) is 28.3 Å². The Morgan fingerprint density at radius 2 is 1.68 bits per heavy atom. The van der Waals surface area contributed by atoms with Crippen molar-refractivity contribution >= 4 is 40.9 Å². The van der Waals surface area contributed by atoms with E-state index in [0.717, 1.165) is 10.6 Å². The molecule has 0 spiro atoms. The van der Waals surface area contributed by atoms with Gasteiger partial charge in [0.25, 0.3) is 11.8 Å². The molecule has 7 rings (SSSR count). The third kappa shape index (κ3) is 3.95. The van der Waals surface area contributed by atoms with Gasteiger partial charge in [-0.25, -0.2) is 4.39 Å². The molecule has 2 heterocycles. The van der Waals surface area contributed by atoms with Gasteiger partial charge in [-0.05, 0) is 85.3 Å². The predicted octanol–water partition coefficient (Wildman–Crippen LogP) is 5.19. The van der Waals surface area contributed by atoms with E-state index in [4.69, 9.17) is 11.6 Å². The number of imide groups is 2. The lowest BCUT2D eigenvalue weighted by molar-refractivity contribution is -0.141. The van der Waals surface area contributed by atoms with Crippen LogP contribution in [0, 0.1) is 29.5 Å². The van der Waals surface area contributed by atoms with Crippen LogP contribution in [0.25, 0.3) is 0 Å². The van der Waals surface area contributed by atoms with Crippen LogP contribution in [-0.4, -0.2) is 45.2 Å². The molecule has 2 aliphatic heterocycles. The van der Waals surface area contributed by atoms with Crippen LogP contribution in [-0.2, 0) is 24.6 Å². The molecule has 1 saturated carbocycles. The largest absolute Gasteiger partial charge is 0.508 e. The van der Waals surface area contributed by atoms with Crippen molar-refractivity contribution in [3.8, 4) is 5.75 Å². The standard InChI is InChI=1S/C34H29ClFN3O5/c1-2-38-30(41)25-15-14-24-26(28(25)32(38)43)17-27-31(42)39(37-22-12-10-21(36)11-13-22)33(44)34(27,19-6-8-20(35)9-7-19)29(24)18-4-3-5-23(40)16-18/h3-14,16,25-29,37,40H,2,15,17H2,1H3. The number of carbonyl (C=O) groups is 4. The zero-order valence-corrected chi connectivity index (χ0v) is 24.5. The van der Waals surface area contributed by atoms with Gasteiger partial charge in [-0.15, -0.1) is 0 Å². The van der Waals surface area contributed by atoms with Gasteiger partial charge < -0.3 is 5.11 Å². The highest BCUT2D eigenvalue weighted by molar-refractivity contribution is 6.30. The molecule has 6 unspecified atom stereocenters. The average molecular weight is 614 g/mol. The van der Waals surface area contributed by atoms with Gasteiger partial charge in [-0.2, -0.15) is 5.01 Å². The van der Waals surface area contributed by atoms with Crippen LogP contribution < -0.4 is 5.43 Å². The molecule has 0 aromatic heterocycles. The number of aromatic hydroxyl groups is 1. The van der Waals surface area contributed by atoms with Crippen molar-refractivity contribution < 1.29 is 28.7 Å². The second kappa shape index (κ2) is 10.3. The van der Waals surface area contributed by atoms with Crippen LogP contribution in [0.2, 0.25) is 5.02 Å². The number of benzene rings is 3. The Kier molecular flexibility index (Phi) is 6.62. The summed E-state index contributed by atoms with van der Waals surface area (Å²) < 4.78 is 13.7. The molecule has 3 aromatic rings. The van der Waals surface area contributed by atoms with Crippen molar-refractivity contribution in [2.45, 2.75) is 31.1 Å². The lowest BCUT2D eigenvalue weighted by Crippen LogP contribution is -2.53. The van der Waals surface area contributed by atoms with Gasteiger partial charge in [0.2, 0.25) is 11.8 Å². The van der Waals surface area contributed by atoms with Crippen LogP contribution >= 0.6 is 11.6 Å². The monoisotopic (exact) mass is 613 g/mol. The summed E-state index contributed by atoms with van der Waals surface area (Å²) in [5.74, 6) is -5.33. The molecule has 2 aliphatic carbocycles. The Morgan fingerprint density at radius 1 is 0.955 bits per heavy atom. The second-order valence-electron chi connectivity index (χ2n) is 11.9. The lowest BCUT2D eigenvalue weighted by Gasteiger charge is -2.50. The van der Waals surface area contributed by atoms with E-state index in [-0.39, 0.29) is 30.5 Å². The third-order valence-electron chi connectivity index (χ3n) is 9.87. The number of phenolic OH excluding ortho intramolecular Hbond substituents is 1. The number of halogens is 2. The number of allylic oxidation sites excluding steroid dienone is 2. The normalized spacial score (nSPS) is 29.3. The maximum Gasteiger partial charge on any atom is 0.260 e. The third-order valence-corrected chi connectivity index (χ3v) is 10.1. The molecular weight excluding hydrogens is 585 g/mol. The van der Waals surface area contributed by atoms with E-state index >= 15 is 0 Å². The van der Waals surface area contributed by atoms with Gasteiger partial charge in [0.1, 0.15) is 11.6 Å². The number of likely N-dealkylation sites (tertiary alicyclic amines) is 1. The number of amides is 4. The van der Waals surface area contributed by atoms with E-state index in [2.05, 4.69) is 5.43 Å².